The summed E-state index contributed by atoms with van der Waals surface area (Å²) in [5, 5.41) is 4.90. The lowest BCUT2D eigenvalue weighted by molar-refractivity contribution is 0.622. The first-order valence-electron chi connectivity index (χ1n) is 3.87. The quantitative estimate of drug-likeness (QED) is 0.695. The van der Waals surface area contributed by atoms with E-state index < -0.39 is 0 Å². The van der Waals surface area contributed by atoms with Crippen LogP contribution in [-0.4, -0.2) is 9.78 Å². The van der Waals surface area contributed by atoms with Gasteiger partial charge in [0.1, 0.15) is 5.82 Å². The van der Waals surface area contributed by atoms with Crippen molar-refractivity contribution in [3.63, 3.8) is 0 Å². The van der Waals surface area contributed by atoms with Crippen LogP contribution in [0.5, 0.6) is 0 Å². The summed E-state index contributed by atoms with van der Waals surface area (Å²) in [5.74, 6) is -0.238. The normalized spacial score (nSPS) is 11.1. The first-order chi connectivity index (χ1) is 6.11. The second-order valence-corrected chi connectivity index (χ2v) is 3.81. The molecule has 1 heterocycles. The molecule has 2 rings (SSSR count). The van der Waals surface area contributed by atoms with Crippen LogP contribution in [0.1, 0.15) is 5.56 Å². The van der Waals surface area contributed by atoms with Crippen molar-refractivity contribution < 1.29 is 4.39 Å². The van der Waals surface area contributed by atoms with Gasteiger partial charge in [0.05, 0.1) is 16.2 Å². The molecule has 0 aliphatic heterocycles. The maximum Gasteiger partial charge on any atom is 0.138 e. The molecule has 0 unspecified atom stereocenters. The molecule has 0 aliphatic rings. The van der Waals surface area contributed by atoms with E-state index in [1.165, 1.54) is 6.07 Å². The van der Waals surface area contributed by atoms with Gasteiger partial charge < -0.3 is 0 Å². The summed E-state index contributed by atoms with van der Waals surface area (Å²) in [4.78, 5) is 0. The lowest BCUT2D eigenvalue weighted by Gasteiger charge is -2.02. The van der Waals surface area contributed by atoms with Gasteiger partial charge in [0.25, 0.3) is 0 Å². The summed E-state index contributed by atoms with van der Waals surface area (Å²) in [6.45, 7) is 1.87. The molecule has 0 aliphatic carbocycles. The summed E-state index contributed by atoms with van der Waals surface area (Å²) in [7, 11) is 1.85. The van der Waals surface area contributed by atoms with E-state index in [4.69, 9.17) is 0 Å². The van der Waals surface area contributed by atoms with Gasteiger partial charge in [-0.2, -0.15) is 5.10 Å². The molecule has 0 N–H and O–H groups in total. The smallest absolute Gasteiger partial charge is 0.138 e. The number of aromatic nitrogens is 2. The van der Waals surface area contributed by atoms with Gasteiger partial charge in [0.2, 0.25) is 0 Å². The third kappa shape index (κ3) is 1.16. The molecule has 0 saturated carbocycles. The lowest BCUT2D eigenvalue weighted by atomic mass is 10.1. The molecule has 0 fully saturated rings. The molecular weight excluding hydrogens is 235 g/mol. The summed E-state index contributed by atoms with van der Waals surface area (Å²) < 4.78 is 15.5. The summed E-state index contributed by atoms with van der Waals surface area (Å²) in [6, 6.07) is 1.51. The van der Waals surface area contributed by atoms with E-state index in [-0.39, 0.29) is 5.82 Å². The number of hydrogen-bond acceptors (Lipinski definition) is 1. The van der Waals surface area contributed by atoms with Crippen molar-refractivity contribution in [1.29, 1.82) is 0 Å². The van der Waals surface area contributed by atoms with E-state index >= 15 is 0 Å². The molecule has 2 nitrogen and oxygen atoms in total. The molecule has 0 atom stereocenters. The Morgan fingerprint density at radius 1 is 1.54 bits per heavy atom. The molecule has 0 spiro atoms. The SMILES string of the molecule is Cc1cc(F)c(Br)c2cnn(C)c12. The minimum atomic E-state index is -0.238. The molecule has 2 aromatic rings. The number of rotatable bonds is 0. The zero-order chi connectivity index (χ0) is 9.59. The summed E-state index contributed by atoms with van der Waals surface area (Å²) >= 11 is 3.20. The highest BCUT2D eigenvalue weighted by atomic mass is 79.9. The van der Waals surface area contributed by atoms with Crippen LogP contribution in [0, 0.1) is 12.7 Å². The van der Waals surface area contributed by atoms with E-state index in [9.17, 15) is 4.39 Å². The monoisotopic (exact) mass is 242 g/mol. The third-order valence-electron chi connectivity index (χ3n) is 2.10. The third-order valence-corrected chi connectivity index (χ3v) is 2.91. The van der Waals surface area contributed by atoms with Gasteiger partial charge in [-0.15, -0.1) is 0 Å². The van der Waals surface area contributed by atoms with Crippen LogP contribution < -0.4 is 0 Å². The molecule has 0 radical (unpaired) electrons. The van der Waals surface area contributed by atoms with Crippen LogP contribution in [0.3, 0.4) is 0 Å². The van der Waals surface area contributed by atoms with Gasteiger partial charge in [-0.1, -0.05) is 0 Å². The fourth-order valence-corrected chi connectivity index (χ4v) is 1.92. The summed E-state index contributed by atoms with van der Waals surface area (Å²) in [6.07, 6.45) is 1.66. The molecule has 1 aromatic heterocycles. The number of nitrogens with zero attached hydrogens (tertiary/aromatic N) is 2. The number of aryl methyl sites for hydroxylation is 2. The van der Waals surface area contributed by atoms with E-state index in [1.807, 2.05) is 14.0 Å². The fourth-order valence-electron chi connectivity index (χ4n) is 1.52. The number of hydrogen-bond donors (Lipinski definition) is 0. The van der Waals surface area contributed by atoms with Crippen molar-refractivity contribution in [2.75, 3.05) is 0 Å². The predicted molar refractivity (Wildman–Crippen MR) is 53.1 cm³/mol. The first-order valence-corrected chi connectivity index (χ1v) is 4.67. The molecule has 0 bridgehead atoms. The van der Waals surface area contributed by atoms with Crippen molar-refractivity contribution >= 4 is 26.8 Å². The highest BCUT2D eigenvalue weighted by Crippen LogP contribution is 2.28. The van der Waals surface area contributed by atoms with Crippen molar-refractivity contribution in [2.45, 2.75) is 6.92 Å². The fraction of sp³-hybridized carbons (Fsp3) is 0.222. The van der Waals surface area contributed by atoms with E-state index in [2.05, 4.69) is 21.0 Å². The Kier molecular flexibility index (Phi) is 1.87. The average Bonchev–Trinajstić information content (AvgIpc) is 2.44. The van der Waals surface area contributed by atoms with Crippen LogP contribution in [0.25, 0.3) is 10.9 Å². The second kappa shape index (κ2) is 2.80. The van der Waals surface area contributed by atoms with Crippen molar-refractivity contribution in [3.05, 3.63) is 28.1 Å². The number of fused-ring (bicyclic) bond motifs is 1. The Hall–Kier alpha value is -0.900. The van der Waals surface area contributed by atoms with Gasteiger partial charge in [-0.3, -0.25) is 4.68 Å². The molecule has 1 aromatic carbocycles. The maximum absolute atomic E-state index is 13.2. The van der Waals surface area contributed by atoms with E-state index in [0.717, 1.165) is 16.5 Å². The Balaban J connectivity index is 2.99. The van der Waals surface area contributed by atoms with Crippen molar-refractivity contribution in [1.82, 2.24) is 9.78 Å². The van der Waals surface area contributed by atoms with E-state index in [0.29, 0.717) is 4.47 Å². The van der Waals surface area contributed by atoms with Crippen LogP contribution in [-0.2, 0) is 7.05 Å². The van der Waals surface area contributed by atoms with E-state index in [1.54, 1.807) is 10.9 Å². The number of benzene rings is 1. The topological polar surface area (TPSA) is 17.8 Å². The van der Waals surface area contributed by atoms with Gasteiger partial charge in [0.15, 0.2) is 0 Å². The Morgan fingerprint density at radius 3 is 2.92 bits per heavy atom. The Labute approximate surface area is 83.5 Å². The minimum Gasteiger partial charge on any atom is -0.268 e. The zero-order valence-corrected chi connectivity index (χ0v) is 8.89. The molecular formula is C9H8BrFN2. The standard InChI is InChI=1S/C9H8BrFN2/c1-5-3-7(11)8(10)6-4-12-13(2)9(5)6/h3-4H,1-2H3. The van der Waals surface area contributed by atoms with Crippen LogP contribution in [0.4, 0.5) is 4.39 Å². The highest BCUT2D eigenvalue weighted by Gasteiger charge is 2.10. The van der Waals surface area contributed by atoms with Gasteiger partial charge in [-0.05, 0) is 34.5 Å². The first kappa shape index (κ1) is 8.69. The Bertz CT molecular complexity index is 476. The lowest BCUT2D eigenvalue weighted by Crippen LogP contribution is -1.92. The highest BCUT2D eigenvalue weighted by molar-refractivity contribution is 9.10. The van der Waals surface area contributed by atoms with Crippen molar-refractivity contribution in [3.8, 4) is 0 Å². The zero-order valence-electron chi connectivity index (χ0n) is 7.31. The summed E-state index contributed by atoms with van der Waals surface area (Å²) in [5.41, 5.74) is 1.86. The van der Waals surface area contributed by atoms with Gasteiger partial charge in [-0.25, -0.2) is 4.39 Å². The predicted octanol–water partition coefficient (Wildman–Crippen LogP) is 2.78. The number of halogens is 2. The van der Waals surface area contributed by atoms with Crippen LogP contribution in [0.2, 0.25) is 0 Å². The van der Waals surface area contributed by atoms with Gasteiger partial charge >= 0.3 is 0 Å². The van der Waals surface area contributed by atoms with Crippen LogP contribution in [0.15, 0.2) is 16.7 Å². The largest absolute Gasteiger partial charge is 0.268 e. The maximum atomic E-state index is 13.2. The Morgan fingerprint density at radius 2 is 2.23 bits per heavy atom. The molecule has 68 valence electrons. The molecule has 4 heteroatoms. The van der Waals surface area contributed by atoms with Gasteiger partial charge in [0, 0.05) is 12.4 Å². The average molecular weight is 243 g/mol. The minimum absolute atomic E-state index is 0.238. The molecule has 13 heavy (non-hydrogen) atoms. The van der Waals surface area contributed by atoms with Crippen LogP contribution >= 0.6 is 15.9 Å². The molecule has 0 saturated heterocycles. The second-order valence-electron chi connectivity index (χ2n) is 3.02. The van der Waals surface area contributed by atoms with Crippen molar-refractivity contribution in [2.24, 2.45) is 7.05 Å². The molecule has 0 amide bonds.